The molecule has 0 radical (unpaired) electrons. The van der Waals surface area contributed by atoms with Gasteiger partial charge in [0.1, 0.15) is 17.3 Å². The van der Waals surface area contributed by atoms with Crippen molar-refractivity contribution >= 4 is 21.6 Å². The Balaban J connectivity index is 2.02. The van der Waals surface area contributed by atoms with Gasteiger partial charge < -0.3 is 10.2 Å². The van der Waals surface area contributed by atoms with Crippen molar-refractivity contribution in [2.75, 3.05) is 25.0 Å². The summed E-state index contributed by atoms with van der Waals surface area (Å²) in [4.78, 5) is 2.34. The van der Waals surface area contributed by atoms with Gasteiger partial charge in [0.15, 0.2) is 0 Å². The lowest BCUT2D eigenvalue weighted by Crippen LogP contribution is -2.39. The standard InChI is InChI=1S/C13H17BrF2N2/c1-2-18-5-3-10(4-6-18)17-13-11(15)7-9(14)8-12(13)16/h7-8,10,17H,2-6H2,1H3. The van der Waals surface area contributed by atoms with E-state index in [2.05, 4.69) is 33.1 Å². The van der Waals surface area contributed by atoms with Crippen LogP contribution in [0.5, 0.6) is 0 Å². The number of anilines is 1. The number of piperidine rings is 1. The average Bonchev–Trinajstić information content (AvgIpc) is 2.34. The molecule has 0 atom stereocenters. The van der Waals surface area contributed by atoms with Crippen LogP contribution in [0, 0.1) is 11.6 Å². The molecule has 18 heavy (non-hydrogen) atoms. The van der Waals surface area contributed by atoms with E-state index in [-0.39, 0.29) is 11.7 Å². The molecule has 0 bridgehead atoms. The maximum atomic E-state index is 13.7. The molecule has 1 aliphatic rings. The van der Waals surface area contributed by atoms with Gasteiger partial charge in [-0.2, -0.15) is 0 Å². The predicted molar refractivity (Wildman–Crippen MR) is 72.8 cm³/mol. The van der Waals surface area contributed by atoms with E-state index < -0.39 is 11.6 Å². The number of halogens is 3. The van der Waals surface area contributed by atoms with Crippen molar-refractivity contribution in [3.63, 3.8) is 0 Å². The number of rotatable bonds is 3. The van der Waals surface area contributed by atoms with Crippen molar-refractivity contribution < 1.29 is 8.78 Å². The first-order valence-corrected chi connectivity index (χ1v) is 7.03. The fourth-order valence-electron chi connectivity index (χ4n) is 2.28. The third-order valence-electron chi connectivity index (χ3n) is 3.39. The summed E-state index contributed by atoms with van der Waals surface area (Å²) in [5.41, 5.74) is -0.00634. The summed E-state index contributed by atoms with van der Waals surface area (Å²) in [7, 11) is 0. The van der Waals surface area contributed by atoms with Crippen LogP contribution in [-0.4, -0.2) is 30.6 Å². The molecule has 0 aromatic heterocycles. The first kappa shape index (κ1) is 13.7. The SMILES string of the molecule is CCN1CCC(Nc2c(F)cc(Br)cc2F)CC1. The van der Waals surface area contributed by atoms with E-state index in [1.54, 1.807) is 0 Å². The second-order valence-electron chi connectivity index (χ2n) is 4.60. The molecule has 0 saturated carbocycles. The Bertz CT molecular complexity index is 394. The third kappa shape index (κ3) is 3.20. The second-order valence-corrected chi connectivity index (χ2v) is 5.51. The fourth-order valence-corrected chi connectivity index (χ4v) is 2.68. The van der Waals surface area contributed by atoms with Gasteiger partial charge in [0, 0.05) is 23.6 Å². The maximum absolute atomic E-state index is 13.7. The predicted octanol–water partition coefficient (Wildman–Crippen LogP) is 3.62. The molecule has 1 heterocycles. The van der Waals surface area contributed by atoms with Crippen molar-refractivity contribution in [2.45, 2.75) is 25.8 Å². The highest BCUT2D eigenvalue weighted by atomic mass is 79.9. The zero-order valence-electron chi connectivity index (χ0n) is 10.3. The minimum Gasteiger partial charge on any atom is -0.377 e. The highest BCUT2D eigenvalue weighted by Crippen LogP contribution is 2.26. The van der Waals surface area contributed by atoms with E-state index in [4.69, 9.17) is 0 Å². The summed E-state index contributed by atoms with van der Waals surface area (Å²) in [5.74, 6) is -1.08. The molecule has 0 aliphatic carbocycles. The lowest BCUT2D eigenvalue weighted by Gasteiger charge is -2.32. The minimum atomic E-state index is -0.542. The lowest BCUT2D eigenvalue weighted by molar-refractivity contribution is 0.229. The van der Waals surface area contributed by atoms with Crippen LogP contribution in [0.4, 0.5) is 14.5 Å². The Morgan fingerprint density at radius 2 is 1.83 bits per heavy atom. The highest BCUT2D eigenvalue weighted by molar-refractivity contribution is 9.10. The first-order valence-electron chi connectivity index (χ1n) is 6.23. The average molecular weight is 319 g/mol. The van der Waals surface area contributed by atoms with Gasteiger partial charge in [-0.05, 0) is 31.5 Å². The fraction of sp³-hybridized carbons (Fsp3) is 0.538. The van der Waals surface area contributed by atoms with Crippen LogP contribution in [-0.2, 0) is 0 Å². The molecule has 2 rings (SSSR count). The Labute approximate surface area is 114 Å². The lowest BCUT2D eigenvalue weighted by atomic mass is 10.0. The number of hydrogen-bond acceptors (Lipinski definition) is 2. The Morgan fingerprint density at radius 1 is 1.28 bits per heavy atom. The first-order chi connectivity index (χ1) is 8.60. The maximum Gasteiger partial charge on any atom is 0.150 e. The number of nitrogens with zero attached hydrogens (tertiary/aromatic N) is 1. The van der Waals surface area contributed by atoms with Gasteiger partial charge in [-0.15, -0.1) is 0 Å². The minimum absolute atomic E-state index is 0.00634. The molecule has 1 aliphatic heterocycles. The van der Waals surface area contributed by atoms with E-state index >= 15 is 0 Å². The van der Waals surface area contributed by atoms with Crippen LogP contribution < -0.4 is 5.32 Å². The van der Waals surface area contributed by atoms with Gasteiger partial charge in [-0.25, -0.2) is 8.78 Å². The van der Waals surface area contributed by atoms with Crippen LogP contribution in [0.3, 0.4) is 0 Å². The third-order valence-corrected chi connectivity index (χ3v) is 3.85. The van der Waals surface area contributed by atoms with Crippen LogP contribution in [0.25, 0.3) is 0 Å². The smallest absolute Gasteiger partial charge is 0.150 e. The van der Waals surface area contributed by atoms with E-state index in [1.807, 2.05) is 0 Å². The molecule has 100 valence electrons. The number of likely N-dealkylation sites (tertiary alicyclic amines) is 1. The molecule has 1 aromatic carbocycles. The molecule has 0 amide bonds. The molecular weight excluding hydrogens is 302 g/mol. The zero-order valence-corrected chi connectivity index (χ0v) is 11.9. The molecule has 1 saturated heterocycles. The van der Waals surface area contributed by atoms with Crippen molar-refractivity contribution in [1.29, 1.82) is 0 Å². The zero-order chi connectivity index (χ0) is 13.1. The molecule has 1 fully saturated rings. The molecule has 0 unspecified atom stereocenters. The molecule has 1 aromatic rings. The molecule has 0 spiro atoms. The van der Waals surface area contributed by atoms with Crippen LogP contribution in [0.1, 0.15) is 19.8 Å². The van der Waals surface area contributed by atoms with Gasteiger partial charge >= 0.3 is 0 Å². The summed E-state index contributed by atoms with van der Waals surface area (Å²) in [6.07, 6.45) is 1.84. The van der Waals surface area contributed by atoms with E-state index in [0.717, 1.165) is 32.5 Å². The van der Waals surface area contributed by atoms with Crippen molar-refractivity contribution in [2.24, 2.45) is 0 Å². The summed E-state index contributed by atoms with van der Waals surface area (Å²) < 4.78 is 27.8. The normalized spacial score (nSPS) is 18.0. The van der Waals surface area contributed by atoms with Crippen molar-refractivity contribution in [1.82, 2.24) is 4.90 Å². The molecule has 1 N–H and O–H groups in total. The van der Waals surface area contributed by atoms with E-state index in [9.17, 15) is 8.78 Å². The number of benzene rings is 1. The molecular formula is C13H17BrF2N2. The van der Waals surface area contributed by atoms with E-state index in [1.165, 1.54) is 12.1 Å². The Hall–Kier alpha value is -0.680. The van der Waals surface area contributed by atoms with Gasteiger partial charge in [0.05, 0.1) is 0 Å². The van der Waals surface area contributed by atoms with Crippen molar-refractivity contribution in [3.05, 3.63) is 28.2 Å². The van der Waals surface area contributed by atoms with Gasteiger partial charge in [-0.1, -0.05) is 22.9 Å². The Kier molecular flexibility index (Phi) is 4.56. The monoisotopic (exact) mass is 318 g/mol. The van der Waals surface area contributed by atoms with Crippen LogP contribution in [0.15, 0.2) is 16.6 Å². The van der Waals surface area contributed by atoms with Crippen molar-refractivity contribution in [3.8, 4) is 0 Å². The summed E-state index contributed by atoms with van der Waals surface area (Å²) >= 11 is 3.08. The molecule has 2 nitrogen and oxygen atoms in total. The quantitative estimate of drug-likeness (QED) is 0.915. The summed E-state index contributed by atoms with van der Waals surface area (Å²) in [6.45, 7) is 5.12. The second kappa shape index (κ2) is 5.97. The van der Waals surface area contributed by atoms with Gasteiger partial charge in [0.2, 0.25) is 0 Å². The Morgan fingerprint density at radius 3 is 2.33 bits per heavy atom. The van der Waals surface area contributed by atoms with Crippen LogP contribution >= 0.6 is 15.9 Å². The van der Waals surface area contributed by atoms with Crippen LogP contribution in [0.2, 0.25) is 0 Å². The highest BCUT2D eigenvalue weighted by Gasteiger charge is 2.20. The molecule has 5 heteroatoms. The van der Waals surface area contributed by atoms with Gasteiger partial charge in [-0.3, -0.25) is 0 Å². The topological polar surface area (TPSA) is 15.3 Å². The number of nitrogens with one attached hydrogen (secondary N) is 1. The number of hydrogen-bond donors (Lipinski definition) is 1. The largest absolute Gasteiger partial charge is 0.377 e. The van der Waals surface area contributed by atoms with E-state index in [0.29, 0.717) is 4.47 Å². The summed E-state index contributed by atoms with van der Waals surface area (Å²) in [5, 5.41) is 2.99. The summed E-state index contributed by atoms with van der Waals surface area (Å²) in [6, 6.07) is 2.72. The van der Waals surface area contributed by atoms with Gasteiger partial charge in [0.25, 0.3) is 0 Å².